The molecule has 5 nitrogen and oxygen atoms in total. The summed E-state index contributed by atoms with van der Waals surface area (Å²) in [5.74, 6) is 1.91. The van der Waals surface area contributed by atoms with Crippen molar-refractivity contribution in [2.75, 3.05) is 23.4 Å². The van der Waals surface area contributed by atoms with Crippen molar-refractivity contribution in [1.29, 1.82) is 0 Å². The van der Waals surface area contributed by atoms with E-state index in [0.717, 1.165) is 36.6 Å². The number of aliphatic hydroxyl groups excluding tert-OH is 1. The second-order valence-electron chi connectivity index (χ2n) is 6.45. The third kappa shape index (κ3) is 4.23. The molecule has 0 spiro atoms. The number of pyridine rings is 2. The summed E-state index contributed by atoms with van der Waals surface area (Å²) in [6.07, 6.45) is 8.16. The van der Waals surface area contributed by atoms with E-state index in [1.54, 1.807) is 0 Å². The predicted octanol–water partition coefficient (Wildman–Crippen LogP) is 3.14. The molecule has 3 heterocycles. The average molecular weight is 326 g/mol. The van der Waals surface area contributed by atoms with Gasteiger partial charge in [0.15, 0.2) is 0 Å². The quantitative estimate of drug-likeness (QED) is 0.854. The van der Waals surface area contributed by atoms with E-state index >= 15 is 0 Å². The Morgan fingerprint density at radius 3 is 2.92 bits per heavy atom. The van der Waals surface area contributed by atoms with Crippen molar-refractivity contribution in [3.05, 3.63) is 47.8 Å². The fourth-order valence-electron chi connectivity index (χ4n) is 3.27. The van der Waals surface area contributed by atoms with Gasteiger partial charge in [0, 0.05) is 38.1 Å². The number of aromatic nitrogens is 2. The second-order valence-corrected chi connectivity index (χ2v) is 6.45. The van der Waals surface area contributed by atoms with Gasteiger partial charge in [0.1, 0.15) is 11.6 Å². The monoisotopic (exact) mass is 326 g/mol. The zero-order chi connectivity index (χ0) is 16.8. The standard InChI is InChI=1S/C19H26N4O/c1-15-7-9-20-18(12-15)21-13-16-5-6-19(22-14-16)23-10-3-2-4-17(23)8-11-24/h5-7,9,12,14,17,24H,2-4,8,10-11,13H2,1H3,(H,20,21)/t17-/m0/s1. The highest BCUT2D eigenvalue weighted by Crippen LogP contribution is 2.25. The number of rotatable bonds is 6. The van der Waals surface area contributed by atoms with Gasteiger partial charge in [0.05, 0.1) is 0 Å². The number of hydrogen-bond acceptors (Lipinski definition) is 5. The van der Waals surface area contributed by atoms with Crippen LogP contribution in [0.2, 0.25) is 0 Å². The van der Waals surface area contributed by atoms with Gasteiger partial charge in [-0.1, -0.05) is 6.07 Å². The maximum atomic E-state index is 9.26. The molecule has 2 aromatic rings. The number of nitrogens with one attached hydrogen (secondary N) is 1. The SMILES string of the molecule is Cc1ccnc(NCc2ccc(N3CCCC[C@H]3CCO)nc2)c1. The van der Waals surface area contributed by atoms with Gasteiger partial charge in [-0.15, -0.1) is 0 Å². The van der Waals surface area contributed by atoms with Gasteiger partial charge in [-0.05, 0) is 61.9 Å². The first-order chi connectivity index (χ1) is 11.8. The lowest BCUT2D eigenvalue weighted by Gasteiger charge is -2.36. The molecule has 1 aliphatic heterocycles. The molecule has 128 valence electrons. The molecule has 0 saturated carbocycles. The number of piperidine rings is 1. The molecule has 1 fully saturated rings. The maximum absolute atomic E-state index is 9.26. The molecule has 0 bridgehead atoms. The van der Waals surface area contributed by atoms with Gasteiger partial charge < -0.3 is 15.3 Å². The summed E-state index contributed by atoms with van der Waals surface area (Å²) in [7, 11) is 0. The van der Waals surface area contributed by atoms with Crippen LogP contribution in [0.3, 0.4) is 0 Å². The summed E-state index contributed by atoms with van der Waals surface area (Å²) in [6, 6.07) is 8.65. The molecule has 0 aliphatic carbocycles. The molecular formula is C19H26N4O. The number of anilines is 2. The highest BCUT2D eigenvalue weighted by molar-refractivity contribution is 5.42. The minimum Gasteiger partial charge on any atom is -0.396 e. The molecule has 3 rings (SSSR count). The summed E-state index contributed by atoms with van der Waals surface area (Å²) in [5, 5.41) is 12.6. The highest BCUT2D eigenvalue weighted by atomic mass is 16.3. The third-order valence-corrected chi connectivity index (χ3v) is 4.58. The Labute approximate surface area is 143 Å². The first-order valence-corrected chi connectivity index (χ1v) is 8.75. The Bertz CT molecular complexity index is 642. The van der Waals surface area contributed by atoms with Crippen LogP contribution < -0.4 is 10.2 Å². The smallest absolute Gasteiger partial charge is 0.128 e. The first kappa shape index (κ1) is 16.7. The van der Waals surface area contributed by atoms with E-state index in [9.17, 15) is 5.11 Å². The normalized spacial score (nSPS) is 17.8. The molecule has 0 aromatic carbocycles. The molecule has 0 amide bonds. The fraction of sp³-hybridized carbons (Fsp3) is 0.474. The fourth-order valence-corrected chi connectivity index (χ4v) is 3.27. The van der Waals surface area contributed by atoms with Crippen LogP contribution in [0.15, 0.2) is 36.7 Å². The van der Waals surface area contributed by atoms with E-state index < -0.39 is 0 Å². The minimum absolute atomic E-state index is 0.243. The van der Waals surface area contributed by atoms with Crippen LogP contribution in [0.1, 0.15) is 36.8 Å². The largest absolute Gasteiger partial charge is 0.396 e. The van der Waals surface area contributed by atoms with Gasteiger partial charge in [-0.25, -0.2) is 9.97 Å². The van der Waals surface area contributed by atoms with Crippen molar-refractivity contribution in [3.63, 3.8) is 0 Å². The summed E-state index contributed by atoms with van der Waals surface area (Å²) < 4.78 is 0. The molecule has 0 radical (unpaired) electrons. The van der Waals surface area contributed by atoms with E-state index in [4.69, 9.17) is 0 Å². The maximum Gasteiger partial charge on any atom is 0.128 e. The Kier molecular flexibility index (Phi) is 5.64. The molecule has 0 unspecified atom stereocenters. The van der Waals surface area contributed by atoms with Crippen LogP contribution in [0, 0.1) is 6.92 Å². The first-order valence-electron chi connectivity index (χ1n) is 8.75. The highest BCUT2D eigenvalue weighted by Gasteiger charge is 2.22. The number of aliphatic hydroxyl groups is 1. The third-order valence-electron chi connectivity index (χ3n) is 4.58. The van der Waals surface area contributed by atoms with Crippen LogP contribution in [-0.4, -0.2) is 34.3 Å². The van der Waals surface area contributed by atoms with Crippen molar-refractivity contribution in [1.82, 2.24) is 9.97 Å². The van der Waals surface area contributed by atoms with Gasteiger partial charge in [0.25, 0.3) is 0 Å². The summed E-state index contributed by atoms with van der Waals surface area (Å²) in [6.45, 7) is 4.05. The predicted molar refractivity (Wildman–Crippen MR) is 97.2 cm³/mol. The topological polar surface area (TPSA) is 61.3 Å². The molecule has 1 saturated heterocycles. The Balaban J connectivity index is 1.62. The number of nitrogens with zero attached hydrogens (tertiary/aromatic N) is 3. The van der Waals surface area contributed by atoms with Crippen LogP contribution in [0.5, 0.6) is 0 Å². The molecule has 5 heteroatoms. The Morgan fingerprint density at radius 1 is 1.25 bits per heavy atom. The van der Waals surface area contributed by atoms with Crippen LogP contribution in [0.4, 0.5) is 11.6 Å². The lowest BCUT2D eigenvalue weighted by Crippen LogP contribution is -2.40. The van der Waals surface area contributed by atoms with Crippen molar-refractivity contribution >= 4 is 11.6 Å². The molecule has 1 aliphatic rings. The van der Waals surface area contributed by atoms with E-state index in [-0.39, 0.29) is 6.61 Å². The average Bonchev–Trinajstić information content (AvgIpc) is 2.61. The van der Waals surface area contributed by atoms with Crippen molar-refractivity contribution < 1.29 is 5.11 Å². The Hall–Kier alpha value is -2.14. The van der Waals surface area contributed by atoms with Crippen LogP contribution >= 0.6 is 0 Å². The minimum atomic E-state index is 0.243. The zero-order valence-electron chi connectivity index (χ0n) is 14.3. The molecule has 2 N–H and O–H groups in total. The summed E-state index contributed by atoms with van der Waals surface area (Å²) >= 11 is 0. The molecule has 2 aromatic heterocycles. The summed E-state index contributed by atoms with van der Waals surface area (Å²) in [5.41, 5.74) is 2.33. The lowest BCUT2D eigenvalue weighted by atomic mass is 9.99. The second kappa shape index (κ2) is 8.11. The number of aryl methyl sites for hydroxylation is 1. The molecule has 1 atom stereocenters. The van der Waals surface area contributed by atoms with Crippen molar-refractivity contribution in [2.45, 2.75) is 45.2 Å². The van der Waals surface area contributed by atoms with E-state index in [1.807, 2.05) is 24.5 Å². The molecular weight excluding hydrogens is 300 g/mol. The zero-order valence-corrected chi connectivity index (χ0v) is 14.3. The van der Waals surface area contributed by atoms with Gasteiger partial charge in [-0.2, -0.15) is 0 Å². The number of hydrogen-bond donors (Lipinski definition) is 2. The van der Waals surface area contributed by atoms with E-state index in [1.165, 1.54) is 18.4 Å². The van der Waals surface area contributed by atoms with Crippen molar-refractivity contribution in [3.8, 4) is 0 Å². The van der Waals surface area contributed by atoms with E-state index in [0.29, 0.717) is 12.6 Å². The van der Waals surface area contributed by atoms with Crippen LogP contribution in [-0.2, 0) is 6.54 Å². The summed E-state index contributed by atoms with van der Waals surface area (Å²) in [4.78, 5) is 11.3. The van der Waals surface area contributed by atoms with Crippen LogP contribution in [0.25, 0.3) is 0 Å². The van der Waals surface area contributed by atoms with Gasteiger partial charge in [-0.3, -0.25) is 0 Å². The Morgan fingerprint density at radius 2 is 2.17 bits per heavy atom. The van der Waals surface area contributed by atoms with E-state index in [2.05, 4.69) is 39.2 Å². The molecule has 24 heavy (non-hydrogen) atoms. The van der Waals surface area contributed by atoms with Gasteiger partial charge >= 0.3 is 0 Å². The lowest BCUT2D eigenvalue weighted by molar-refractivity contribution is 0.262. The van der Waals surface area contributed by atoms with Crippen molar-refractivity contribution in [2.24, 2.45) is 0 Å². The van der Waals surface area contributed by atoms with Gasteiger partial charge in [0.2, 0.25) is 0 Å².